The molecule has 0 aromatic carbocycles. The van der Waals surface area contributed by atoms with Gasteiger partial charge in [-0.15, -0.1) is 0 Å². The molecule has 6 nitrogen and oxygen atoms in total. The second kappa shape index (κ2) is 3.71. The first-order valence-corrected chi connectivity index (χ1v) is 3.76. The van der Waals surface area contributed by atoms with E-state index in [0.717, 1.165) is 0 Å². The number of carboxylic acid groups (broad SMARTS) is 2. The van der Waals surface area contributed by atoms with Gasteiger partial charge in [-0.1, -0.05) is 0 Å². The van der Waals surface area contributed by atoms with E-state index in [1.54, 1.807) is 0 Å². The maximum atomic E-state index is 10.4. The Bertz CT molecular complexity index is 199. The van der Waals surface area contributed by atoms with E-state index in [-0.39, 0.29) is 13.2 Å². The number of rotatable bonds is 4. The molecular weight excluding hydrogens is 180 g/mol. The lowest BCUT2D eigenvalue weighted by atomic mass is 10.1. The number of hydrogen-bond donors (Lipinski definition) is 2. The van der Waals surface area contributed by atoms with Crippen LogP contribution in [0.3, 0.4) is 0 Å². The van der Waals surface area contributed by atoms with Gasteiger partial charge < -0.3 is 19.7 Å². The van der Waals surface area contributed by atoms with Crippen molar-refractivity contribution in [2.75, 3.05) is 13.2 Å². The molecule has 0 atom stereocenters. The van der Waals surface area contributed by atoms with Crippen LogP contribution in [-0.2, 0) is 19.1 Å². The predicted octanol–water partition coefficient (Wildman–Crippen LogP) is -0.321. The Balaban J connectivity index is 2.62. The molecule has 0 saturated carbocycles. The van der Waals surface area contributed by atoms with Gasteiger partial charge in [-0.3, -0.25) is 9.59 Å². The van der Waals surface area contributed by atoms with Crippen LogP contribution in [0.5, 0.6) is 0 Å². The summed E-state index contributed by atoms with van der Waals surface area (Å²) in [5.74, 6) is -3.73. The first kappa shape index (κ1) is 9.94. The normalized spacial score (nSPS) is 20.0. The van der Waals surface area contributed by atoms with Crippen molar-refractivity contribution in [1.82, 2.24) is 0 Å². The average molecular weight is 190 g/mol. The Labute approximate surface area is 74.1 Å². The van der Waals surface area contributed by atoms with Gasteiger partial charge in [-0.2, -0.15) is 0 Å². The highest BCUT2D eigenvalue weighted by atomic mass is 16.7. The standard InChI is InChI=1S/C7H10O6/c8-5(9)3-7(4-6(10)11)12-1-2-13-7/h1-4H2,(H,8,9)(H,10,11). The van der Waals surface area contributed by atoms with Gasteiger partial charge in [-0.25, -0.2) is 0 Å². The van der Waals surface area contributed by atoms with E-state index < -0.39 is 30.6 Å². The Hall–Kier alpha value is -1.14. The third kappa shape index (κ3) is 2.67. The van der Waals surface area contributed by atoms with E-state index in [9.17, 15) is 9.59 Å². The number of hydrogen-bond acceptors (Lipinski definition) is 4. The van der Waals surface area contributed by atoms with Gasteiger partial charge in [0, 0.05) is 0 Å². The maximum absolute atomic E-state index is 10.4. The molecule has 0 bridgehead atoms. The van der Waals surface area contributed by atoms with Crippen molar-refractivity contribution in [2.24, 2.45) is 0 Å². The number of aliphatic carboxylic acids is 2. The second-order valence-electron chi connectivity index (χ2n) is 2.75. The van der Waals surface area contributed by atoms with Crippen LogP contribution in [0.25, 0.3) is 0 Å². The first-order valence-electron chi connectivity index (χ1n) is 3.76. The smallest absolute Gasteiger partial charge is 0.308 e. The minimum atomic E-state index is -1.46. The highest BCUT2D eigenvalue weighted by Gasteiger charge is 2.41. The van der Waals surface area contributed by atoms with Crippen LogP contribution in [0.15, 0.2) is 0 Å². The molecule has 13 heavy (non-hydrogen) atoms. The molecule has 0 aromatic rings. The van der Waals surface area contributed by atoms with E-state index in [1.165, 1.54) is 0 Å². The summed E-state index contributed by atoms with van der Waals surface area (Å²) in [6, 6.07) is 0. The Morgan fingerprint density at radius 1 is 1.08 bits per heavy atom. The van der Waals surface area contributed by atoms with Crippen LogP contribution < -0.4 is 0 Å². The molecule has 0 aromatic heterocycles. The van der Waals surface area contributed by atoms with Gasteiger partial charge in [0.25, 0.3) is 0 Å². The average Bonchev–Trinajstić information content (AvgIpc) is 2.33. The molecule has 0 spiro atoms. The topological polar surface area (TPSA) is 93.1 Å². The van der Waals surface area contributed by atoms with Crippen LogP contribution in [-0.4, -0.2) is 41.2 Å². The first-order chi connectivity index (χ1) is 6.04. The molecule has 1 fully saturated rings. The molecule has 74 valence electrons. The molecule has 2 N–H and O–H groups in total. The summed E-state index contributed by atoms with van der Waals surface area (Å²) in [6.45, 7) is 0.473. The summed E-state index contributed by atoms with van der Waals surface area (Å²) in [5, 5.41) is 17.0. The van der Waals surface area contributed by atoms with Gasteiger partial charge >= 0.3 is 11.9 Å². The van der Waals surface area contributed by atoms with Crippen molar-refractivity contribution in [3.63, 3.8) is 0 Å². The van der Waals surface area contributed by atoms with Gasteiger partial charge in [0.2, 0.25) is 0 Å². The van der Waals surface area contributed by atoms with Crippen LogP contribution in [0.1, 0.15) is 12.8 Å². The second-order valence-corrected chi connectivity index (χ2v) is 2.75. The van der Waals surface area contributed by atoms with Crippen molar-refractivity contribution in [2.45, 2.75) is 18.6 Å². The van der Waals surface area contributed by atoms with E-state index in [4.69, 9.17) is 19.7 Å². The van der Waals surface area contributed by atoms with Crippen LogP contribution in [0.2, 0.25) is 0 Å². The molecule has 6 heteroatoms. The van der Waals surface area contributed by atoms with E-state index >= 15 is 0 Å². The highest BCUT2D eigenvalue weighted by Crippen LogP contribution is 2.27. The van der Waals surface area contributed by atoms with Gasteiger partial charge in [0.05, 0.1) is 26.1 Å². The molecule has 1 rings (SSSR count). The lowest BCUT2D eigenvalue weighted by Gasteiger charge is -2.23. The lowest BCUT2D eigenvalue weighted by Crippen LogP contribution is -2.35. The third-order valence-corrected chi connectivity index (χ3v) is 1.65. The molecule has 0 aliphatic carbocycles. The largest absolute Gasteiger partial charge is 0.481 e. The summed E-state index contributed by atoms with van der Waals surface area (Å²) < 4.78 is 9.96. The van der Waals surface area contributed by atoms with Crippen LogP contribution in [0, 0.1) is 0 Å². The zero-order valence-corrected chi connectivity index (χ0v) is 6.86. The van der Waals surface area contributed by atoms with Crippen LogP contribution in [0.4, 0.5) is 0 Å². The fourth-order valence-electron chi connectivity index (χ4n) is 1.22. The summed E-state index contributed by atoms with van der Waals surface area (Å²) in [5.41, 5.74) is 0. The van der Waals surface area contributed by atoms with E-state index in [2.05, 4.69) is 0 Å². The Kier molecular flexibility index (Phi) is 2.84. The Morgan fingerprint density at radius 3 is 1.77 bits per heavy atom. The van der Waals surface area contributed by atoms with Gasteiger partial charge in [0.15, 0.2) is 5.79 Å². The highest BCUT2D eigenvalue weighted by molar-refractivity contribution is 5.72. The Morgan fingerprint density at radius 2 is 1.46 bits per heavy atom. The third-order valence-electron chi connectivity index (χ3n) is 1.65. The van der Waals surface area contributed by atoms with E-state index in [1.807, 2.05) is 0 Å². The summed E-state index contributed by atoms with van der Waals surface area (Å²) in [6.07, 6.45) is -0.890. The quantitative estimate of drug-likeness (QED) is 0.631. The molecule has 0 radical (unpaired) electrons. The van der Waals surface area contributed by atoms with E-state index in [0.29, 0.717) is 0 Å². The number of carboxylic acids is 2. The molecule has 1 aliphatic rings. The SMILES string of the molecule is O=C(O)CC1(CC(=O)O)OCCO1. The van der Waals surface area contributed by atoms with Crippen LogP contribution >= 0.6 is 0 Å². The maximum Gasteiger partial charge on any atom is 0.308 e. The summed E-state index contributed by atoms with van der Waals surface area (Å²) in [4.78, 5) is 20.8. The fourth-order valence-corrected chi connectivity index (χ4v) is 1.22. The minimum Gasteiger partial charge on any atom is -0.481 e. The number of carbonyl (C=O) groups is 2. The van der Waals surface area contributed by atoms with Crippen molar-refractivity contribution in [3.8, 4) is 0 Å². The molecule has 1 aliphatic heterocycles. The van der Waals surface area contributed by atoms with Crippen molar-refractivity contribution < 1.29 is 29.3 Å². The zero-order chi connectivity index (χ0) is 9.90. The lowest BCUT2D eigenvalue weighted by molar-refractivity contribution is -0.189. The molecule has 0 unspecified atom stereocenters. The number of ether oxygens (including phenoxy) is 2. The van der Waals surface area contributed by atoms with Crippen molar-refractivity contribution in [3.05, 3.63) is 0 Å². The monoisotopic (exact) mass is 190 g/mol. The summed E-state index contributed by atoms with van der Waals surface area (Å²) >= 11 is 0. The van der Waals surface area contributed by atoms with Crippen molar-refractivity contribution >= 4 is 11.9 Å². The molecular formula is C7H10O6. The van der Waals surface area contributed by atoms with Gasteiger partial charge in [-0.05, 0) is 0 Å². The molecule has 0 amide bonds. The fraction of sp³-hybridized carbons (Fsp3) is 0.714. The molecule has 1 heterocycles. The summed E-state index contributed by atoms with van der Waals surface area (Å²) in [7, 11) is 0. The molecule has 1 saturated heterocycles. The van der Waals surface area contributed by atoms with Crippen molar-refractivity contribution in [1.29, 1.82) is 0 Å². The minimum absolute atomic E-state index is 0.237. The zero-order valence-electron chi connectivity index (χ0n) is 6.86. The van der Waals surface area contributed by atoms with Gasteiger partial charge in [0.1, 0.15) is 0 Å². The predicted molar refractivity (Wildman–Crippen MR) is 39.1 cm³/mol.